The highest BCUT2D eigenvalue weighted by Gasteiger charge is 2.20. The Labute approximate surface area is 140 Å². The summed E-state index contributed by atoms with van der Waals surface area (Å²) in [6.45, 7) is 12.6. The highest BCUT2D eigenvalue weighted by atomic mass is 28.4. The summed E-state index contributed by atoms with van der Waals surface area (Å²) in [4.78, 5) is 15.2. The van der Waals surface area contributed by atoms with Crippen molar-refractivity contribution < 1.29 is 13.6 Å². The second-order valence-corrected chi connectivity index (χ2v) is 16.7. The van der Waals surface area contributed by atoms with Crippen molar-refractivity contribution in [2.45, 2.75) is 52.1 Å². The molecule has 0 saturated heterocycles. The van der Waals surface area contributed by atoms with Crippen molar-refractivity contribution in [3.05, 3.63) is 30.0 Å². The van der Waals surface area contributed by atoms with Gasteiger partial charge in [0.15, 0.2) is 0 Å². The van der Waals surface area contributed by atoms with Crippen LogP contribution < -0.4 is 4.43 Å². The van der Waals surface area contributed by atoms with Crippen molar-refractivity contribution in [3.63, 3.8) is 0 Å². The number of benzene rings is 1. The molecule has 0 radical (unpaired) electrons. The third-order valence-corrected chi connectivity index (χ3v) is 4.87. The van der Waals surface area contributed by atoms with Crippen molar-refractivity contribution in [3.8, 4) is 5.75 Å². The molecule has 0 aliphatic heterocycles. The molecule has 4 nitrogen and oxygen atoms in total. The Morgan fingerprint density at radius 2 is 1.78 bits per heavy atom. The first-order valence-corrected chi connectivity index (χ1v) is 14.9. The molecule has 0 unspecified atom stereocenters. The Kier molecular flexibility index (Phi) is 5.05. The van der Waals surface area contributed by atoms with E-state index in [1.807, 2.05) is 38.0 Å². The van der Waals surface area contributed by atoms with Crippen molar-refractivity contribution in [2.75, 3.05) is 0 Å². The highest BCUT2D eigenvalue weighted by molar-refractivity contribution is 6.71. The summed E-state index contributed by atoms with van der Waals surface area (Å²) in [6, 6.07) is 6.11. The van der Waals surface area contributed by atoms with E-state index in [0.717, 1.165) is 22.2 Å². The van der Waals surface area contributed by atoms with Gasteiger partial charge in [0, 0.05) is 23.5 Å². The van der Waals surface area contributed by atoms with E-state index >= 15 is 0 Å². The monoisotopic (exact) mass is 349 g/mol. The number of carbonyl (C=O) groups is 1. The molecule has 0 bridgehead atoms. The van der Waals surface area contributed by atoms with E-state index in [9.17, 15) is 4.79 Å². The van der Waals surface area contributed by atoms with Gasteiger partial charge in [0.05, 0.1) is 0 Å². The fourth-order valence-corrected chi connectivity index (χ4v) is 4.03. The van der Waals surface area contributed by atoms with Gasteiger partial charge in [-0.2, -0.15) is 0 Å². The molecule has 1 heterocycles. The standard InChI is InChI=1S/C17H27NO3Si2/c1-22(2,3)20-14-8-9-16-15(11-14)13(12-18-16)7-10-17(19)21-23(4,5)6/h8-9,11-12,18H,7,10H2,1-6H3. The van der Waals surface area contributed by atoms with Crippen LogP contribution in [0.15, 0.2) is 24.4 Å². The average Bonchev–Trinajstić information content (AvgIpc) is 2.75. The van der Waals surface area contributed by atoms with Crippen LogP contribution in [0, 0.1) is 0 Å². The number of rotatable bonds is 6. The molecule has 2 rings (SSSR count). The van der Waals surface area contributed by atoms with E-state index in [0.29, 0.717) is 12.8 Å². The summed E-state index contributed by atoms with van der Waals surface area (Å²) >= 11 is 0. The zero-order valence-electron chi connectivity index (χ0n) is 14.9. The van der Waals surface area contributed by atoms with Crippen LogP contribution in [-0.4, -0.2) is 27.6 Å². The lowest BCUT2D eigenvalue weighted by atomic mass is 10.1. The number of aryl methyl sites for hydroxylation is 1. The molecule has 0 aliphatic carbocycles. The largest absolute Gasteiger partial charge is 0.544 e. The molecule has 23 heavy (non-hydrogen) atoms. The molecule has 0 fully saturated rings. The Morgan fingerprint density at radius 3 is 2.39 bits per heavy atom. The molecule has 0 spiro atoms. The number of hydrogen-bond acceptors (Lipinski definition) is 3. The second kappa shape index (κ2) is 6.53. The van der Waals surface area contributed by atoms with Gasteiger partial charge in [0.2, 0.25) is 16.6 Å². The van der Waals surface area contributed by atoms with Crippen molar-refractivity contribution in [2.24, 2.45) is 0 Å². The van der Waals surface area contributed by atoms with Crippen LogP contribution in [0.4, 0.5) is 0 Å². The maximum Gasteiger partial charge on any atom is 0.292 e. The van der Waals surface area contributed by atoms with Gasteiger partial charge in [-0.05, 0) is 69.5 Å². The zero-order valence-corrected chi connectivity index (χ0v) is 16.9. The fraction of sp³-hybridized carbons (Fsp3) is 0.471. The predicted molar refractivity (Wildman–Crippen MR) is 100 cm³/mol. The minimum absolute atomic E-state index is 0.104. The molecule has 1 aromatic heterocycles. The second-order valence-electron chi connectivity index (χ2n) is 7.82. The summed E-state index contributed by atoms with van der Waals surface area (Å²) in [5.74, 6) is 0.801. The molecular formula is C17H27NO3Si2. The number of carbonyl (C=O) groups excluding carboxylic acids is 1. The van der Waals surface area contributed by atoms with Crippen molar-refractivity contribution >= 4 is 33.5 Å². The molecular weight excluding hydrogens is 322 g/mol. The first-order chi connectivity index (χ1) is 10.5. The Balaban J connectivity index is 2.12. The van der Waals surface area contributed by atoms with Crippen LogP contribution in [-0.2, 0) is 15.6 Å². The lowest BCUT2D eigenvalue weighted by Crippen LogP contribution is -2.29. The van der Waals surface area contributed by atoms with Gasteiger partial charge in [-0.15, -0.1) is 0 Å². The van der Waals surface area contributed by atoms with Crippen LogP contribution in [0.5, 0.6) is 5.75 Å². The summed E-state index contributed by atoms with van der Waals surface area (Å²) in [7, 11) is -3.43. The van der Waals surface area contributed by atoms with Crippen LogP contribution in [0.25, 0.3) is 10.9 Å². The molecule has 1 N–H and O–H groups in total. The summed E-state index contributed by atoms with van der Waals surface area (Å²) < 4.78 is 11.6. The number of fused-ring (bicyclic) bond motifs is 1. The molecule has 1 aromatic carbocycles. The third kappa shape index (κ3) is 5.55. The molecule has 6 heteroatoms. The quantitative estimate of drug-likeness (QED) is 0.770. The number of aromatic nitrogens is 1. The molecule has 0 aliphatic rings. The van der Waals surface area contributed by atoms with Crippen molar-refractivity contribution in [1.82, 2.24) is 4.98 Å². The fourth-order valence-electron chi connectivity index (χ4n) is 2.41. The van der Waals surface area contributed by atoms with Crippen LogP contribution in [0.1, 0.15) is 12.0 Å². The minimum Gasteiger partial charge on any atom is -0.544 e. The van der Waals surface area contributed by atoms with E-state index in [-0.39, 0.29) is 5.97 Å². The number of aromatic amines is 1. The summed E-state index contributed by atoms with van der Waals surface area (Å²) in [6.07, 6.45) is 3.07. The van der Waals surface area contributed by atoms with E-state index in [4.69, 9.17) is 8.85 Å². The highest BCUT2D eigenvalue weighted by Crippen LogP contribution is 2.26. The Hall–Kier alpha value is -1.54. The van der Waals surface area contributed by atoms with Gasteiger partial charge < -0.3 is 13.8 Å². The SMILES string of the molecule is C[Si](C)(C)OC(=O)CCc1c[nH]c2ccc(O[Si](C)(C)C)cc12. The topological polar surface area (TPSA) is 51.3 Å². The maximum atomic E-state index is 11.9. The van der Waals surface area contributed by atoms with E-state index < -0.39 is 16.6 Å². The van der Waals surface area contributed by atoms with Crippen LogP contribution in [0.2, 0.25) is 39.3 Å². The molecule has 0 saturated carbocycles. The maximum absolute atomic E-state index is 11.9. The minimum atomic E-state index is -1.80. The smallest absolute Gasteiger partial charge is 0.292 e. The summed E-state index contributed by atoms with van der Waals surface area (Å²) in [5.41, 5.74) is 2.20. The van der Waals surface area contributed by atoms with Gasteiger partial charge in [-0.25, -0.2) is 0 Å². The first kappa shape index (κ1) is 17.8. The Morgan fingerprint density at radius 1 is 1.09 bits per heavy atom. The van der Waals surface area contributed by atoms with Gasteiger partial charge >= 0.3 is 0 Å². The van der Waals surface area contributed by atoms with Gasteiger partial charge in [0.25, 0.3) is 5.97 Å². The molecule has 2 aromatic rings. The van der Waals surface area contributed by atoms with Crippen LogP contribution in [0.3, 0.4) is 0 Å². The molecule has 126 valence electrons. The van der Waals surface area contributed by atoms with Gasteiger partial charge in [-0.1, -0.05) is 0 Å². The molecule has 0 amide bonds. The molecule has 0 atom stereocenters. The number of hydrogen-bond donors (Lipinski definition) is 1. The first-order valence-electron chi connectivity index (χ1n) is 8.04. The number of nitrogens with one attached hydrogen (secondary N) is 1. The summed E-state index contributed by atoms with van der Waals surface area (Å²) in [5, 5.41) is 1.13. The lowest BCUT2D eigenvalue weighted by Gasteiger charge is -2.19. The van der Waals surface area contributed by atoms with Gasteiger partial charge in [0.1, 0.15) is 5.75 Å². The third-order valence-electron chi connectivity index (χ3n) is 3.18. The van der Waals surface area contributed by atoms with Gasteiger partial charge in [-0.3, -0.25) is 4.79 Å². The normalized spacial score (nSPS) is 12.4. The zero-order chi connectivity index (χ0) is 17.3. The predicted octanol–water partition coefficient (Wildman–Crippen LogP) is 4.69. The number of H-pyrrole nitrogens is 1. The van der Waals surface area contributed by atoms with E-state index in [2.05, 4.69) is 30.7 Å². The lowest BCUT2D eigenvalue weighted by molar-refractivity contribution is -0.135. The average molecular weight is 350 g/mol. The van der Waals surface area contributed by atoms with E-state index in [1.165, 1.54) is 0 Å². The van der Waals surface area contributed by atoms with Crippen LogP contribution >= 0.6 is 0 Å². The Bertz CT molecular complexity index is 696. The van der Waals surface area contributed by atoms with E-state index in [1.54, 1.807) is 0 Å². The van der Waals surface area contributed by atoms with Crippen molar-refractivity contribution in [1.29, 1.82) is 0 Å².